The maximum Gasteiger partial charge on any atom is 0.281 e. The molecular weight excluding hydrogens is 152 g/mol. The summed E-state index contributed by atoms with van der Waals surface area (Å²) in [6, 6.07) is 0.366. The van der Waals surface area contributed by atoms with E-state index in [4.69, 9.17) is 0 Å². The van der Waals surface area contributed by atoms with E-state index >= 15 is 0 Å². The lowest BCUT2D eigenvalue weighted by Crippen LogP contribution is -2.32. The highest BCUT2D eigenvalue weighted by Gasteiger charge is 2.34. The van der Waals surface area contributed by atoms with Crippen molar-refractivity contribution in [2.45, 2.75) is 45.1 Å². The van der Waals surface area contributed by atoms with Crippen LogP contribution in [0.3, 0.4) is 0 Å². The molecule has 66 valence electrons. The fourth-order valence-corrected chi connectivity index (χ4v) is 2.06. The van der Waals surface area contributed by atoms with Gasteiger partial charge in [0.25, 0.3) is 5.91 Å². The Labute approximate surface area is 72.4 Å². The first-order valence-electron chi connectivity index (χ1n) is 4.71. The maximum absolute atomic E-state index is 11.1. The summed E-state index contributed by atoms with van der Waals surface area (Å²) in [5.74, 6) is 0.168. The summed E-state index contributed by atoms with van der Waals surface area (Å²) in [4.78, 5) is 11.1. The molecule has 0 bridgehead atoms. The van der Waals surface area contributed by atoms with Gasteiger partial charge in [0.15, 0.2) is 11.8 Å². The minimum atomic E-state index is 0.168. The lowest BCUT2D eigenvalue weighted by molar-refractivity contribution is -0.591. The minimum Gasteiger partial charge on any atom is -0.269 e. The quantitative estimate of drug-likeness (QED) is 0.533. The Bertz CT molecular complexity index is 237. The van der Waals surface area contributed by atoms with Crippen LogP contribution in [0.5, 0.6) is 0 Å². The molecule has 0 radical (unpaired) electrons. The predicted molar refractivity (Wildman–Crippen MR) is 46.0 cm³/mol. The van der Waals surface area contributed by atoms with Crippen LogP contribution in [0.4, 0.5) is 0 Å². The van der Waals surface area contributed by atoms with Crippen LogP contribution in [0, 0.1) is 0 Å². The minimum absolute atomic E-state index is 0.168. The van der Waals surface area contributed by atoms with E-state index < -0.39 is 0 Å². The third-order valence-corrected chi connectivity index (χ3v) is 2.69. The average Bonchev–Trinajstić information content (AvgIpc) is 2.58. The van der Waals surface area contributed by atoms with Gasteiger partial charge in [0.2, 0.25) is 0 Å². The fraction of sp³-hybridized carbons (Fsp3) is 0.778. The Kier molecular flexibility index (Phi) is 1.87. The van der Waals surface area contributed by atoms with E-state index in [1.54, 1.807) is 0 Å². The summed E-state index contributed by atoms with van der Waals surface area (Å²) in [5.41, 5.74) is 4.33. The Morgan fingerprint density at radius 3 is 2.58 bits per heavy atom. The predicted octanol–water partition coefficient (Wildman–Crippen LogP) is 0.837. The highest BCUT2D eigenvalue weighted by atomic mass is 16.2. The lowest BCUT2D eigenvalue weighted by atomic mass is 10.2. The zero-order chi connectivity index (χ0) is 8.55. The standard InChI is InChI=1S/C9H14N2O/c1-7-6-9(12)10-11(7)8-4-2-3-5-8/h7H,2-6H2,1H3/p+1. The van der Waals surface area contributed by atoms with E-state index in [0.717, 1.165) is 0 Å². The molecule has 2 aliphatic rings. The maximum atomic E-state index is 11.1. The lowest BCUT2D eigenvalue weighted by Gasteiger charge is -2.00. The molecule has 1 N–H and O–H groups in total. The van der Waals surface area contributed by atoms with E-state index in [9.17, 15) is 4.79 Å². The summed E-state index contributed by atoms with van der Waals surface area (Å²) in [6.45, 7) is 2.10. The largest absolute Gasteiger partial charge is 0.281 e. The van der Waals surface area contributed by atoms with Gasteiger partial charge in [-0.05, 0) is 12.8 Å². The Hall–Kier alpha value is -0.860. The molecule has 1 aliphatic heterocycles. The summed E-state index contributed by atoms with van der Waals surface area (Å²) in [5, 5.41) is 0. The first-order valence-corrected chi connectivity index (χ1v) is 4.71. The number of hydrogen-bond acceptors (Lipinski definition) is 1. The summed E-state index contributed by atoms with van der Waals surface area (Å²) in [6.07, 6.45) is 5.57. The normalized spacial score (nSPS) is 29.8. The molecule has 0 aromatic heterocycles. The Balaban J connectivity index is 2.21. The van der Waals surface area contributed by atoms with Crippen molar-refractivity contribution in [2.75, 3.05) is 0 Å². The molecule has 1 unspecified atom stereocenters. The SMILES string of the molecule is CC1CC(=O)N[N+]1=C1CCCC1. The molecule has 1 saturated carbocycles. The Morgan fingerprint density at radius 1 is 1.42 bits per heavy atom. The van der Waals surface area contributed by atoms with E-state index in [-0.39, 0.29) is 5.91 Å². The number of rotatable bonds is 0. The van der Waals surface area contributed by atoms with Gasteiger partial charge in [-0.25, -0.2) is 0 Å². The van der Waals surface area contributed by atoms with Crippen molar-refractivity contribution in [3.05, 3.63) is 0 Å². The number of nitrogens with one attached hydrogen (secondary N) is 1. The number of carbonyl (C=O) groups excluding carboxylic acids is 1. The van der Waals surface area contributed by atoms with Crippen LogP contribution in [0.2, 0.25) is 0 Å². The molecule has 2 rings (SSSR count). The molecule has 1 aliphatic carbocycles. The molecule has 1 amide bonds. The second-order valence-corrected chi connectivity index (χ2v) is 3.73. The molecular formula is C9H15N2O+. The van der Waals surface area contributed by atoms with Crippen LogP contribution in [-0.2, 0) is 4.79 Å². The van der Waals surface area contributed by atoms with Crippen LogP contribution in [0.15, 0.2) is 0 Å². The topological polar surface area (TPSA) is 32.1 Å². The third kappa shape index (κ3) is 1.24. The summed E-state index contributed by atoms with van der Waals surface area (Å²) >= 11 is 0. The smallest absolute Gasteiger partial charge is 0.269 e. The molecule has 1 saturated heterocycles. The molecule has 3 nitrogen and oxygen atoms in total. The van der Waals surface area contributed by atoms with Gasteiger partial charge in [0.05, 0.1) is 6.42 Å². The van der Waals surface area contributed by atoms with Crippen LogP contribution >= 0.6 is 0 Å². The highest BCUT2D eigenvalue weighted by Crippen LogP contribution is 2.17. The zero-order valence-corrected chi connectivity index (χ0v) is 7.47. The second kappa shape index (κ2) is 2.88. The fourth-order valence-electron chi connectivity index (χ4n) is 2.06. The van der Waals surface area contributed by atoms with E-state index in [1.165, 1.54) is 31.4 Å². The van der Waals surface area contributed by atoms with E-state index in [1.807, 2.05) is 0 Å². The average molecular weight is 167 g/mol. The van der Waals surface area contributed by atoms with E-state index in [0.29, 0.717) is 12.5 Å². The van der Waals surface area contributed by atoms with Crippen molar-refractivity contribution < 1.29 is 9.48 Å². The molecule has 0 aromatic carbocycles. The van der Waals surface area contributed by atoms with Crippen molar-refractivity contribution in [1.29, 1.82) is 0 Å². The van der Waals surface area contributed by atoms with E-state index in [2.05, 4.69) is 17.0 Å². The van der Waals surface area contributed by atoms with Crippen LogP contribution in [0.1, 0.15) is 39.0 Å². The molecule has 3 heteroatoms. The molecule has 0 spiro atoms. The van der Waals surface area contributed by atoms with Gasteiger partial charge in [-0.15, -0.1) is 10.1 Å². The molecule has 2 fully saturated rings. The Morgan fingerprint density at radius 2 is 2.08 bits per heavy atom. The first kappa shape index (κ1) is 7.77. The van der Waals surface area contributed by atoms with Crippen LogP contribution in [0.25, 0.3) is 0 Å². The number of carbonyl (C=O) groups is 1. The van der Waals surface area contributed by atoms with Crippen molar-refractivity contribution in [3.8, 4) is 0 Å². The van der Waals surface area contributed by atoms with Gasteiger partial charge in [0.1, 0.15) is 0 Å². The van der Waals surface area contributed by atoms with Crippen molar-refractivity contribution >= 4 is 11.6 Å². The van der Waals surface area contributed by atoms with Gasteiger partial charge in [-0.2, -0.15) is 0 Å². The van der Waals surface area contributed by atoms with Crippen LogP contribution in [-0.4, -0.2) is 22.3 Å². The van der Waals surface area contributed by atoms with Crippen molar-refractivity contribution in [2.24, 2.45) is 0 Å². The third-order valence-electron chi connectivity index (χ3n) is 2.69. The second-order valence-electron chi connectivity index (χ2n) is 3.73. The van der Waals surface area contributed by atoms with Crippen molar-refractivity contribution in [1.82, 2.24) is 5.43 Å². The van der Waals surface area contributed by atoms with Gasteiger partial charge in [-0.1, -0.05) is 0 Å². The number of hydrogen-bond donors (Lipinski definition) is 1. The molecule has 1 atom stereocenters. The summed E-state index contributed by atoms with van der Waals surface area (Å²) in [7, 11) is 0. The number of hydrazine groups is 1. The number of amides is 1. The van der Waals surface area contributed by atoms with Gasteiger partial charge >= 0.3 is 0 Å². The van der Waals surface area contributed by atoms with Crippen molar-refractivity contribution in [3.63, 3.8) is 0 Å². The monoisotopic (exact) mass is 167 g/mol. The number of hydrazone groups is 1. The van der Waals surface area contributed by atoms with Gasteiger partial charge in [-0.3, -0.25) is 4.79 Å². The molecule has 12 heavy (non-hydrogen) atoms. The molecule has 1 heterocycles. The number of nitrogens with zero attached hydrogens (tertiary/aromatic N) is 1. The van der Waals surface area contributed by atoms with Crippen LogP contribution < -0.4 is 5.43 Å². The molecule has 0 aromatic rings. The van der Waals surface area contributed by atoms with Gasteiger partial charge in [0, 0.05) is 19.8 Å². The zero-order valence-electron chi connectivity index (χ0n) is 7.47. The van der Waals surface area contributed by atoms with Gasteiger partial charge < -0.3 is 0 Å². The summed E-state index contributed by atoms with van der Waals surface area (Å²) < 4.78 is 2.08. The first-order chi connectivity index (χ1) is 5.77. The highest BCUT2D eigenvalue weighted by molar-refractivity contribution is 5.84.